The average Bonchev–Trinajstić information content (AvgIpc) is 2.56. The summed E-state index contributed by atoms with van der Waals surface area (Å²) in [6, 6.07) is 6.72. The number of nitro groups is 1. The summed E-state index contributed by atoms with van der Waals surface area (Å²) in [4.78, 5) is 23.0. The summed E-state index contributed by atoms with van der Waals surface area (Å²) in [7, 11) is 1.39. The van der Waals surface area contributed by atoms with Gasteiger partial charge in [-0.2, -0.15) is 0 Å². The Morgan fingerprint density at radius 3 is 2.60 bits per heavy atom. The Kier molecular flexibility index (Phi) is 6.06. The van der Waals surface area contributed by atoms with E-state index in [1.165, 1.54) is 37.4 Å². The van der Waals surface area contributed by atoms with Gasteiger partial charge in [-0.25, -0.2) is 0 Å². The Morgan fingerprint density at radius 1 is 1.28 bits per heavy atom. The van der Waals surface area contributed by atoms with E-state index in [4.69, 9.17) is 32.7 Å². The molecule has 1 amide bonds. The van der Waals surface area contributed by atoms with Crippen molar-refractivity contribution in [2.75, 3.05) is 19.0 Å². The molecule has 0 saturated heterocycles. The molecule has 0 aliphatic carbocycles. The third-order valence-electron chi connectivity index (χ3n) is 3.18. The second kappa shape index (κ2) is 8.04. The number of amides is 1. The van der Waals surface area contributed by atoms with Crippen molar-refractivity contribution in [1.82, 2.24) is 0 Å². The van der Waals surface area contributed by atoms with Crippen LogP contribution in [0.1, 0.15) is 17.3 Å². The number of hydrogen-bond acceptors (Lipinski definition) is 5. The number of nitro benzene ring substituents is 1. The molecule has 132 valence electrons. The largest absolute Gasteiger partial charge is 0.495 e. The number of carbonyl (C=O) groups is 1. The van der Waals surface area contributed by atoms with E-state index < -0.39 is 10.8 Å². The van der Waals surface area contributed by atoms with E-state index >= 15 is 0 Å². The molecule has 2 aromatic carbocycles. The molecule has 7 nitrogen and oxygen atoms in total. The lowest BCUT2D eigenvalue weighted by Crippen LogP contribution is -2.15. The summed E-state index contributed by atoms with van der Waals surface area (Å²) in [5.41, 5.74) is 0.0541. The number of anilines is 1. The highest BCUT2D eigenvalue weighted by molar-refractivity contribution is 6.36. The molecule has 25 heavy (non-hydrogen) atoms. The molecule has 0 aliphatic rings. The van der Waals surface area contributed by atoms with Crippen LogP contribution in [-0.2, 0) is 0 Å². The molecule has 0 atom stereocenters. The van der Waals surface area contributed by atoms with E-state index in [-0.39, 0.29) is 38.5 Å². The van der Waals surface area contributed by atoms with Gasteiger partial charge in [0.15, 0.2) is 5.75 Å². The lowest BCUT2D eigenvalue weighted by atomic mass is 10.1. The maximum absolute atomic E-state index is 12.6. The Morgan fingerprint density at radius 2 is 2.00 bits per heavy atom. The maximum atomic E-state index is 12.6. The minimum atomic E-state index is -0.591. The number of benzene rings is 2. The molecule has 9 heteroatoms. The highest BCUT2D eigenvalue weighted by atomic mass is 35.5. The SMILES string of the molecule is CCOc1c(Cl)cc(Cl)cc1C(=O)Nc1cc([N+](=O)[O-])ccc1OC. The molecule has 2 aromatic rings. The van der Waals surface area contributed by atoms with Crippen LogP contribution in [0, 0.1) is 10.1 Å². The van der Waals surface area contributed by atoms with E-state index in [9.17, 15) is 14.9 Å². The first-order chi connectivity index (χ1) is 11.9. The Hall–Kier alpha value is -2.51. The van der Waals surface area contributed by atoms with Crippen LogP contribution in [0.2, 0.25) is 10.0 Å². The van der Waals surface area contributed by atoms with Crippen LogP contribution in [0.3, 0.4) is 0 Å². The van der Waals surface area contributed by atoms with Gasteiger partial charge in [-0.1, -0.05) is 23.2 Å². The van der Waals surface area contributed by atoms with Crippen LogP contribution in [0.15, 0.2) is 30.3 Å². The summed E-state index contributed by atoms with van der Waals surface area (Å²) in [6.07, 6.45) is 0. The smallest absolute Gasteiger partial charge is 0.271 e. The van der Waals surface area contributed by atoms with Gasteiger partial charge in [0.05, 0.1) is 34.9 Å². The molecule has 0 aromatic heterocycles. The Labute approximate surface area is 153 Å². The third kappa shape index (κ3) is 4.32. The number of non-ortho nitro benzene ring substituents is 1. The topological polar surface area (TPSA) is 90.7 Å². The van der Waals surface area contributed by atoms with Crippen LogP contribution in [0.4, 0.5) is 11.4 Å². The highest BCUT2D eigenvalue weighted by Crippen LogP contribution is 2.34. The minimum Gasteiger partial charge on any atom is -0.495 e. The molecule has 0 bridgehead atoms. The van der Waals surface area contributed by atoms with Crippen molar-refractivity contribution in [1.29, 1.82) is 0 Å². The van der Waals surface area contributed by atoms with E-state index in [1.54, 1.807) is 6.92 Å². The molecule has 0 unspecified atom stereocenters. The standard InChI is InChI=1S/C16H14Cl2N2O5/c1-3-25-15-11(6-9(17)7-12(15)18)16(21)19-13-8-10(20(22)23)4-5-14(13)24-2/h4-8H,3H2,1-2H3,(H,19,21). The first-order valence-corrected chi connectivity index (χ1v) is 7.88. The molecule has 0 radical (unpaired) electrons. The van der Waals surface area contributed by atoms with Crippen molar-refractivity contribution in [3.63, 3.8) is 0 Å². The molecule has 0 spiro atoms. The van der Waals surface area contributed by atoms with Crippen molar-refractivity contribution in [3.05, 3.63) is 56.1 Å². The lowest BCUT2D eigenvalue weighted by molar-refractivity contribution is -0.384. The first kappa shape index (κ1) is 18.8. The zero-order valence-electron chi connectivity index (χ0n) is 13.3. The molecule has 0 heterocycles. The quantitative estimate of drug-likeness (QED) is 0.582. The second-order valence-corrected chi connectivity index (χ2v) is 5.64. The Bertz CT molecular complexity index is 826. The van der Waals surface area contributed by atoms with Gasteiger partial charge in [0.2, 0.25) is 0 Å². The van der Waals surface area contributed by atoms with Crippen molar-refractivity contribution in [2.45, 2.75) is 6.92 Å². The molecule has 2 rings (SSSR count). The van der Waals surface area contributed by atoms with Crippen LogP contribution < -0.4 is 14.8 Å². The number of hydrogen-bond donors (Lipinski definition) is 1. The van der Waals surface area contributed by atoms with Gasteiger partial charge in [-0.15, -0.1) is 0 Å². The molecule has 0 fully saturated rings. The normalized spacial score (nSPS) is 10.2. The van der Waals surface area contributed by atoms with Crippen molar-refractivity contribution < 1.29 is 19.2 Å². The van der Waals surface area contributed by atoms with Gasteiger partial charge in [0, 0.05) is 17.2 Å². The summed E-state index contributed by atoms with van der Waals surface area (Å²) < 4.78 is 10.5. The fraction of sp³-hybridized carbons (Fsp3) is 0.188. The van der Waals surface area contributed by atoms with E-state index in [1.807, 2.05) is 0 Å². The third-order valence-corrected chi connectivity index (χ3v) is 3.68. The van der Waals surface area contributed by atoms with E-state index in [0.717, 1.165) is 0 Å². The summed E-state index contributed by atoms with van der Waals surface area (Å²) in [6.45, 7) is 2.04. The maximum Gasteiger partial charge on any atom is 0.271 e. The second-order valence-electron chi connectivity index (χ2n) is 4.79. The molecular formula is C16H14Cl2N2O5. The van der Waals surface area contributed by atoms with Gasteiger partial charge in [0.25, 0.3) is 11.6 Å². The zero-order valence-corrected chi connectivity index (χ0v) is 14.9. The monoisotopic (exact) mass is 384 g/mol. The number of halogens is 2. The van der Waals surface area contributed by atoms with Gasteiger partial charge in [0.1, 0.15) is 5.75 Å². The lowest BCUT2D eigenvalue weighted by Gasteiger charge is -2.14. The molecular weight excluding hydrogens is 371 g/mol. The zero-order chi connectivity index (χ0) is 18.6. The molecule has 0 saturated carbocycles. The number of nitrogens with one attached hydrogen (secondary N) is 1. The summed E-state index contributed by atoms with van der Waals surface area (Å²) in [5, 5.41) is 13.9. The number of nitrogens with zero attached hydrogens (tertiary/aromatic N) is 1. The van der Waals surface area contributed by atoms with Gasteiger partial charge in [-0.05, 0) is 25.1 Å². The van der Waals surface area contributed by atoms with Crippen molar-refractivity contribution in [3.8, 4) is 11.5 Å². The predicted octanol–water partition coefficient (Wildman–Crippen LogP) is 4.56. The van der Waals surface area contributed by atoms with Crippen LogP contribution in [0.25, 0.3) is 0 Å². The molecule has 0 aliphatic heterocycles. The van der Waals surface area contributed by atoms with Gasteiger partial charge < -0.3 is 14.8 Å². The fourth-order valence-electron chi connectivity index (χ4n) is 2.12. The summed E-state index contributed by atoms with van der Waals surface area (Å²) in [5.74, 6) is -0.146. The summed E-state index contributed by atoms with van der Waals surface area (Å²) >= 11 is 12.0. The minimum absolute atomic E-state index is 0.105. The van der Waals surface area contributed by atoms with Crippen LogP contribution in [0.5, 0.6) is 11.5 Å². The Balaban J connectivity index is 2.43. The van der Waals surface area contributed by atoms with E-state index in [2.05, 4.69) is 5.32 Å². The number of methoxy groups -OCH3 is 1. The number of ether oxygens (including phenoxy) is 2. The highest BCUT2D eigenvalue weighted by Gasteiger charge is 2.20. The average molecular weight is 385 g/mol. The first-order valence-electron chi connectivity index (χ1n) is 7.13. The van der Waals surface area contributed by atoms with Crippen LogP contribution >= 0.6 is 23.2 Å². The predicted molar refractivity (Wildman–Crippen MR) is 95.2 cm³/mol. The van der Waals surface area contributed by atoms with Gasteiger partial charge >= 0.3 is 0 Å². The molecule has 1 N–H and O–H groups in total. The van der Waals surface area contributed by atoms with E-state index in [0.29, 0.717) is 6.61 Å². The number of rotatable bonds is 6. The van der Waals surface area contributed by atoms with Gasteiger partial charge in [-0.3, -0.25) is 14.9 Å². The number of carbonyl (C=O) groups excluding carboxylic acids is 1. The fourth-order valence-corrected chi connectivity index (χ4v) is 2.66. The van der Waals surface area contributed by atoms with Crippen LogP contribution in [-0.4, -0.2) is 24.5 Å². The van der Waals surface area contributed by atoms with Crippen molar-refractivity contribution >= 4 is 40.5 Å². The van der Waals surface area contributed by atoms with Crippen molar-refractivity contribution in [2.24, 2.45) is 0 Å².